The molecule has 2 aliphatic heterocycles. The van der Waals surface area contributed by atoms with E-state index < -0.39 is 20.8 Å². The molecule has 0 atom stereocenters. The van der Waals surface area contributed by atoms with Crippen LogP contribution >= 0.6 is 0 Å². The van der Waals surface area contributed by atoms with E-state index in [1.54, 1.807) is 12.1 Å². The van der Waals surface area contributed by atoms with Gasteiger partial charge in [-0.2, -0.15) is 4.31 Å². The molecule has 11 heteroatoms. The lowest BCUT2D eigenvalue weighted by molar-refractivity contribution is -0.384. The van der Waals surface area contributed by atoms with E-state index in [0.717, 1.165) is 44.5 Å². The molecule has 2 saturated heterocycles. The van der Waals surface area contributed by atoms with Crippen LogP contribution in [-0.4, -0.2) is 67.7 Å². The predicted octanol–water partition coefficient (Wildman–Crippen LogP) is 2.87. The first-order valence-electron chi connectivity index (χ1n) is 10.9. The van der Waals surface area contributed by atoms with Crippen LogP contribution in [0.4, 0.5) is 15.8 Å². The number of nitro groups is 1. The van der Waals surface area contributed by atoms with Crippen molar-refractivity contribution in [1.82, 2.24) is 9.21 Å². The van der Waals surface area contributed by atoms with Crippen molar-refractivity contribution in [1.29, 1.82) is 0 Å². The van der Waals surface area contributed by atoms with Crippen LogP contribution < -0.4 is 4.90 Å². The molecular weight excluding hydrogens is 451 g/mol. The van der Waals surface area contributed by atoms with E-state index in [4.69, 9.17) is 0 Å². The summed E-state index contributed by atoms with van der Waals surface area (Å²) < 4.78 is 39.9. The SMILES string of the molecule is O=C(c1ccc(N2CCCCC2)c([N+](=O)[O-])c1)N1CCN(S(=O)(=O)c2ccc(F)cc2)CC1. The summed E-state index contributed by atoms with van der Waals surface area (Å²) in [5.41, 5.74) is 0.629. The van der Waals surface area contributed by atoms with Gasteiger partial charge in [-0.15, -0.1) is 0 Å². The fourth-order valence-electron chi connectivity index (χ4n) is 4.27. The summed E-state index contributed by atoms with van der Waals surface area (Å²) in [5, 5.41) is 11.7. The van der Waals surface area contributed by atoms with Crippen molar-refractivity contribution in [3.8, 4) is 0 Å². The molecule has 33 heavy (non-hydrogen) atoms. The number of hydrogen-bond acceptors (Lipinski definition) is 6. The molecule has 2 heterocycles. The Balaban J connectivity index is 1.46. The molecule has 0 bridgehead atoms. The van der Waals surface area contributed by atoms with Crippen molar-refractivity contribution in [2.75, 3.05) is 44.2 Å². The summed E-state index contributed by atoms with van der Waals surface area (Å²) >= 11 is 0. The molecule has 176 valence electrons. The van der Waals surface area contributed by atoms with E-state index >= 15 is 0 Å². The molecule has 0 aromatic heterocycles. The minimum absolute atomic E-state index is 0.00685. The van der Waals surface area contributed by atoms with Gasteiger partial charge in [-0.25, -0.2) is 12.8 Å². The summed E-state index contributed by atoms with van der Waals surface area (Å²) in [7, 11) is -3.79. The van der Waals surface area contributed by atoms with Crippen LogP contribution in [0, 0.1) is 15.9 Å². The Hall–Kier alpha value is -3.05. The summed E-state index contributed by atoms with van der Waals surface area (Å²) in [4.78, 5) is 27.7. The van der Waals surface area contributed by atoms with Gasteiger partial charge in [-0.3, -0.25) is 14.9 Å². The Morgan fingerprint density at radius 1 is 0.909 bits per heavy atom. The van der Waals surface area contributed by atoms with Gasteiger partial charge in [0.1, 0.15) is 11.5 Å². The van der Waals surface area contributed by atoms with Gasteiger partial charge in [-0.05, 0) is 55.7 Å². The molecule has 2 aliphatic rings. The van der Waals surface area contributed by atoms with Crippen LogP contribution in [0.15, 0.2) is 47.4 Å². The molecule has 4 rings (SSSR count). The lowest BCUT2D eigenvalue weighted by Crippen LogP contribution is -2.50. The summed E-state index contributed by atoms with van der Waals surface area (Å²) in [6.45, 7) is 1.97. The number of rotatable bonds is 5. The van der Waals surface area contributed by atoms with Crippen molar-refractivity contribution in [2.45, 2.75) is 24.2 Å². The number of amides is 1. The number of halogens is 1. The largest absolute Gasteiger partial charge is 0.366 e. The number of sulfonamides is 1. The van der Waals surface area contributed by atoms with Crippen LogP contribution in [0.5, 0.6) is 0 Å². The van der Waals surface area contributed by atoms with Gasteiger partial charge >= 0.3 is 0 Å². The topological polar surface area (TPSA) is 104 Å². The molecule has 0 aliphatic carbocycles. The Morgan fingerprint density at radius 3 is 2.15 bits per heavy atom. The van der Waals surface area contributed by atoms with Crippen LogP contribution in [0.3, 0.4) is 0 Å². The van der Waals surface area contributed by atoms with E-state index in [1.807, 2.05) is 4.90 Å². The minimum atomic E-state index is -3.79. The van der Waals surface area contributed by atoms with Crippen molar-refractivity contribution in [3.05, 3.63) is 64.0 Å². The molecule has 0 radical (unpaired) electrons. The van der Waals surface area contributed by atoms with Crippen molar-refractivity contribution in [2.24, 2.45) is 0 Å². The highest BCUT2D eigenvalue weighted by atomic mass is 32.2. The molecule has 1 amide bonds. The lowest BCUT2D eigenvalue weighted by atomic mass is 10.1. The van der Waals surface area contributed by atoms with Gasteiger partial charge in [0.05, 0.1) is 9.82 Å². The molecule has 0 unspecified atom stereocenters. The second-order valence-electron chi connectivity index (χ2n) is 8.16. The fraction of sp³-hybridized carbons (Fsp3) is 0.409. The molecule has 0 N–H and O–H groups in total. The standard InChI is InChI=1S/C22H25FN4O5S/c23-18-5-7-19(8-6-18)33(31,32)26-14-12-25(13-15-26)22(28)17-4-9-20(21(16-17)27(29)30)24-10-2-1-3-11-24/h4-9,16H,1-3,10-15H2. The number of piperazine rings is 1. The highest BCUT2D eigenvalue weighted by molar-refractivity contribution is 7.89. The zero-order valence-corrected chi connectivity index (χ0v) is 18.8. The number of nitrogens with zero attached hydrogens (tertiary/aromatic N) is 4. The monoisotopic (exact) mass is 476 g/mol. The highest BCUT2D eigenvalue weighted by Gasteiger charge is 2.31. The molecule has 2 aromatic carbocycles. The van der Waals surface area contributed by atoms with Crippen LogP contribution in [0.2, 0.25) is 0 Å². The maximum absolute atomic E-state index is 13.1. The third-order valence-corrected chi connectivity index (χ3v) is 8.01. The number of carbonyl (C=O) groups is 1. The Labute approximate surface area is 191 Å². The fourth-order valence-corrected chi connectivity index (χ4v) is 5.70. The number of piperidine rings is 1. The molecular formula is C22H25FN4O5S. The van der Waals surface area contributed by atoms with Gasteiger partial charge in [0.2, 0.25) is 10.0 Å². The third-order valence-electron chi connectivity index (χ3n) is 6.09. The van der Waals surface area contributed by atoms with Crippen molar-refractivity contribution in [3.63, 3.8) is 0 Å². The van der Waals surface area contributed by atoms with Gasteiger partial charge in [-0.1, -0.05) is 0 Å². The number of hydrogen-bond donors (Lipinski definition) is 0. The van der Waals surface area contributed by atoms with Gasteiger partial charge in [0, 0.05) is 50.9 Å². The van der Waals surface area contributed by atoms with Crippen LogP contribution in [0.25, 0.3) is 0 Å². The smallest absolute Gasteiger partial charge is 0.293 e. The van der Waals surface area contributed by atoms with E-state index in [2.05, 4.69) is 0 Å². The number of carbonyl (C=O) groups excluding carboxylic acids is 1. The summed E-state index contributed by atoms with van der Waals surface area (Å²) in [6, 6.07) is 9.15. The molecule has 0 spiro atoms. The first-order chi connectivity index (χ1) is 15.8. The average molecular weight is 477 g/mol. The average Bonchev–Trinajstić information content (AvgIpc) is 2.84. The first kappa shape index (κ1) is 23.1. The quantitative estimate of drug-likeness (QED) is 0.486. The summed E-state index contributed by atoms with van der Waals surface area (Å²) in [6.07, 6.45) is 3.05. The molecule has 2 fully saturated rings. The van der Waals surface area contributed by atoms with Crippen LogP contribution in [-0.2, 0) is 10.0 Å². The maximum atomic E-state index is 13.1. The van der Waals surface area contributed by atoms with Gasteiger partial charge in [0.25, 0.3) is 11.6 Å². The normalized spacial score (nSPS) is 17.7. The van der Waals surface area contributed by atoms with Crippen molar-refractivity contribution >= 4 is 27.3 Å². The summed E-state index contributed by atoms with van der Waals surface area (Å²) in [5.74, 6) is -0.896. The maximum Gasteiger partial charge on any atom is 0.293 e. The van der Waals surface area contributed by atoms with E-state index in [1.165, 1.54) is 27.4 Å². The van der Waals surface area contributed by atoms with E-state index in [-0.39, 0.29) is 48.2 Å². The Morgan fingerprint density at radius 2 is 1.55 bits per heavy atom. The highest BCUT2D eigenvalue weighted by Crippen LogP contribution is 2.32. The predicted molar refractivity (Wildman–Crippen MR) is 120 cm³/mol. The van der Waals surface area contributed by atoms with E-state index in [0.29, 0.717) is 5.69 Å². The minimum Gasteiger partial charge on any atom is -0.366 e. The number of anilines is 1. The third kappa shape index (κ3) is 4.83. The van der Waals surface area contributed by atoms with Gasteiger partial charge < -0.3 is 9.80 Å². The first-order valence-corrected chi connectivity index (χ1v) is 12.3. The number of nitro benzene ring substituents is 1. The molecule has 0 saturated carbocycles. The molecule has 2 aromatic rings. The number of benzene rings is 2. The van der Waals surface area contributed by atoms with Gasteiger partial charge in [0.15, 0.2) is 0 Å². The van der Waals surface area contributed by atoms with E-state index in [9.17, 15) is 27.7 Å². The Kier molecular flexibility index (Phi) is 6.61. The second-order valence-corrected chi connectivity index (χ2v) is 10.1. The lowest BCUT2D eigenvalue weighted by Gasteiger charge is -2.34. The second kappa shape index (κ2) is 9.44. The Bertz CT molecular complexity index is 1140. The van der Waals surface area contributed by atoms with Crippen LogP contribution in [0.1, 0.15) is 29.6 Å². The zero-order chi connectivity index (χ0) is 23.6. The zero-order valence-electron chi connectivity index (χ0n) is 18.0. The van der Waals surface area contributed by atoms with Crippen molar-refractivity contribution < 1.29 is 22.5 Å². The molecule has 9 nitrogen and oxygen atoms in total.